The number of ether oxygens (including phenoxy) is 1. The first-order valence-electron chi connectivity index (χ1n) is 3.98. The van der Waals surface area contributed by atoms with Gasteiger partial charge in [0.2, 0.25) is 6.29 Å². The third-order valence-corrected chi connectivity index (χ3v) is 1.82. The van der Waals surface area contributed by atoms with Gasteiger partial charge in [-0.1, -0.05) is 0 Å². The van der Waals surface area contributed by atoms with E-state index in [1.165, 1.54) is 12.3 Å². The van der Waals surface area contributed by atoms with Crippen LogP contribution in [-0.2, 0) is 4.74 Å². The monoisotopic (exact) mass is 216 g/mol. The molecule has 0 amide bonds. The second-order valence-corrected chi connectivity index (χ2v) is 3.29. The van der Waals surface area contributed by atoms with Gasteiger partial charge in [0.1, 0.15) is 6.10 Å². The molecule has 0 bridgehead atoms. The molecule has 0 aromatic carbocycles. The average Bonchev–Trinajstić information content (AvgIpc) is 2.01. The maximum absolute atomic E-state index is 9.51. The molecule has 0 saturated carbocycles. The van der Waals surface area contributed by atoms with E-state index in [4.69, 9.17) is 10.5 Å². The Hall–Kier alpha value is -1.11. The van der Waals surface area contributed by atoms with E-state index in [1.807, 2.05) is 0 Å². The number of allylic oxidation sites excluding steroid dienone is 1. The van der Waals surface area contributed by atoms with Crippen molar-refractivity contribution in [3.8, 4) is 0 Å². The van der Waals surface area contributed by atoms with Gasteiger partial charge in [0.15, 0.2) is 5.11 Å². The third-order valence-electron chi connectivity index (χ3n) is 1.70. The van der Waals surface area contributed by atoms with Crippen LogP contribution in [0.25, 0.3) is 0 Å². The Kier molecular flexibility index (Phi) is 3.45. The van der Waals surface area contributed by atoms with Crippen molar-refractivity contribution in [2.45, 2.75) is 19.3 Å². The van der Waals surface area contributed by atoms with Crippen LogP contribution in [0, 0.1) is 0 Å². The van der Waals surface area contributed by atoms with Gasteiger partial charge in [0.25, 0.3) is 0 Å². The Balaban J connectivity index is 2.78. The van der Waals surface area contributed by atoms with E-state index in [0.717, 1.165) is 0 Å². The lowest BCUT2D eigenvalue weighted by Gasteiger charge is -2.25. The minimum atomic E-state index is -1.17. The summed E-state index contributed by atoms with van der Waals surface area (Å²) in [4.78, 5) is 0. The topological polar surface area (TPSA) is 87.7 Å². The van der Waals surface area contributed by atoms with Gasteiger partial charge in [-0.05, 0) is 25.2 Å². The highest BCUT2D eigenvalue weighted by Crippen LogP contribution is 2.20. The summed E-state index contributed by atoms with van der Waals surface area (Å²) in [5, 5.41) is 21.5. The molecule has 14 heavy (non-hydrogen) atoms. The summed E-state index contributed by atoms with van der Waals surface area (Å²) in [7, 11) is 0. The smallest absolute Gasteiger partial charge is 0.224 e. The normalized spacial score (nSPS) is 29.4. The number of aliphatic hydroxyl groups excluding tert-OH is 2. The molecule has 1 aliphatic rings. The Labute approximate surface area is 86.9 Å². The zero-order chi connectivity index (χ0) is 10.7. The van der Waals surface area contributed by atoms with Crippen molar-refractivity contribution in [2.75, 3.05) is 0 Å². The van der Waals surface area contributed by atoms with Crippen molar-refractivity contribution in [1.29, 1.82) is 0 Å². The van der Waals surface area contributed by atoms with Gasteiger partial charge in [-0.3, -0.25) is 0 Å². The van der Waals surface area contributed by atoms with Crippen LogP contribution in [0.5, 0.6) is 0 Å². The molecule has 5 N–H and O–H groups in total. The van der Waals surface area contributed by atoms with E-state index in [0.29, 0.717) is 5.76 Å². The number of hydrogen-bond acceptors (Lipinski definition) is 4. The van der Waals surface area contributed by atoms with E-state index in [-0.39, 0.29) is 10.7 Å². The molecule has 1 rings (SSSR count). The summed E-state index contributed by atoms with van der Waals surface area (Å²) < 4.78 is 4.97. The highest BCUT2D eigenvalue weighted by Gasteiger charge is 2.24. The molecule has 5 nitrogen and oxygen atoms in total. The van der Waals surface area contributed by atoms with Gasteiger partial charge in [-0.15, -0.1) is 0 Å². The summed E-state index contributed by atoms with van der Waals surface area (Å²) in [6, 6.07) is 0. The maximum Gasteiger partial charge on any atom is 0.224 e. The van der Waals surface area contributed by atoms with Crippen molar-refractivity contribution in [2.24, 2.45) is 5.73 Å². The molecular formula is C8H12N2O3S. The molecule has 2 unspecified atom stereocenters. The Morgan fingerprint density at radius 1 is 1.71 bits per heavy atom. The highest BCUT2D eigenvalue weighted by molar-refractivity contribution is 7.80. The lowest BCUT2D eigenvalue weighted by Crippen LogP contribution is -2.32. The van der Waals surface area contributed by atoms with Gasteiger partial charge in [0, 0.05) is 11.8 Å². The second kappa shape index (κ2) is 4.41. The molecule has 0 aromatic rings. The van der Waals surface area contributed by atoms with Crippen LogP contribution in [0.1, 0.15) is 6.92 Å². The minimum absolute atomic E-state index is 0.0585. The molecule has 78 valence electrons. The maximum atomic E-state index is 9.51. The van der Waals surface area contributed by atoms with Crippen molar-refractivity contribution in [1.82, 2.24) is 5.32 Å². The zero-order valence-corrected chi connectivity index (χ0v) is 8.41. The van der Waals surface area contributed by atoms with E-state index in [2.05, 4.69) is 17.5 Å². The predicted molar refractivity (Wildman–Crippen MR) is 54.9 cm³/mol. The van der Waals surface area contributed by atoms with Gasteiger partial charge < -0.3 is 26.0 Å². The summed E-state index contributed by atoms with van der Waals surface area (Å²) in [6.45, 7) is 1.64. The van der Waals surface area contributed by atoms with Crippen LogP contribution in [0.15, 0.2) is 23.6 Å². The Bertz CT molecular complexity index is 301. The van der Waals surface area contributed by atoms with E-state index in [1.54, 1.807) is 6.92 Å². The molecule has 0 aromatic heterocycles. The quantitative estimate of drug-likeness (QED) is 0.434. The fourth-order valence-electron chi connectivity index (χ4n) is 1.06. The standard InChI is InChI=1S/C8H12N2O3S/c1-4-2-6(11)5(7(12)13-4)3-10-8(9)14/h2-3,6-7,11-12H,1H3,(H3,9,10,14)/b5-3-. The molecule has 0 aliphatic carbocycles. The summed E-state index contributed by atoms with van der Waals surface area (Å²) in [5.41, 5.74) is 5.45. The molecule has 1 aliphatic heterocycles. The summed E-state index contributed by atoms with van der Waals surface area (Å²) in [5.74, 6) is 0.470. The van der Waals surface area contributed by atoms with Crippen LogP contribution >= 0.6 is 12.2 Å². The first-order chi connectivity index (χ1) is 6.50. The second-order valence-electron chi connectivity index (χ2n) is 2.85. The van der Waals surface area contributed by atoms with Crippen LogP contribution < -0.4 is 11.1 Å². The number of nitrogens with two attached hydrogens (primary N) is 1. The van der Waals surface area contributed by atoms with Crippen LogP contribution in [0.3, 0.4) is 0 Å². The van der Waals surface area contributed by atoms with Gasteiger partial charge in [-0.25, -0.2) is 0 Å². The summed E-state index contributed by atoms with van der Waals surface area (Å²) in [6.07, 6.45) is 0.748. The molecule has 0 fully saturated rings. The Morgan fingerprint density at radius 3 is 2.86 bits per heavy atom. The number of thiocarbonyl (C=S) groups is 1. The number of rotatable bonds is 1. The van der Waals surface area contributed by atoms with Crippen molar-refractivity contribution in [3.05, 3.63) is 23.6 Å². The molecule has 0 radical (unpaired) electrons. The van der Waals surface area contributed by atoms with Gasteiger partial charge >= 0.3 is 0 Å². The fourth-order valence-corrected chi connectivity index (χ4v) is 1.12. The van der Waals surface area contributed by atoms with E-state index in [9.17, 15) is 10.2 Å². The third kappa shape index (κ3) is 2.69. The molecule has 2 atom stereocenters. The minimum Gasteiger partial charge on any atom is -0.466 e. The first-order valence-corrected chi connectivity index (χ1v) is 4.38. The van der Waals surface area contributed by atoms with Crippen molar-refractivity contribution >= 4 is 17.3 Å². The molecular weight excluding hydrogens is 204 g/mol. The highest BCUT2D eigenvalue weighted by atomic mass is 32.1. The number of aliphatic hydroxyl groups is 2. The molecule has 1 heterocycles. The van der Waals surface area contributed by atoms with Crippen LogP contribution in [-0.4, -0.2) is 27.7 Å². The average molecular weight is 216 g/mol. The van der Waals surface area contributed by atoms with E-state index >= 15 is 0 Å². The largest absolute Gasteiger partial charge is 0.466 e. The fraction of sp³-hybridized carbons (Fsp3) is 0.375. The summed E-state index contributed by atoms with van der Waals surface area (Å²) >= 11 is 4.57. The molecule has 0 spiro atoms. The van der Waals surface area contributed by atoms with Crippen molar-refractivity contribution in [3.63, 3.8) is 0 Å². The SMILES string of the molecule is CC1=CC(O)/C(=C/NC(N)=S)C(O)O1. The Morgan fingerprint density at radius 2 is 2.36 bits per heavy atom. The van der Waals surface area contributed by atoms with Crippen LogP contribution in [0.4, 0.5) is 0 Å². The lowest BCUT2D eigenvalue weighted by molar-refractivity contribution is -0.0562. The predicted octanol–water partition coefficient (Wildman–Crippen LogP) is -0.683. The number of nitrogens with one attached hydrogen (secondary N) is 1. The van der Waals surface area contributed by atoms with Crippen LogP contribution in [0.2, 0.25) is 0 Å². The molecule has 0 saturated heterocycles. The first kappa shape index (κ1) is 11.0. The van der Waals surface area contributed by atoms with Gasteiger partial charge in [0.05, 0.1) is 5.76 Å². The zero-order valence-electron chi connectivity index (χ0n) is 7.60. The lowest BCUT2D eigenvalue weighted by atomic mass is 10.1. The number of hydrogen-bond donors (Lipinski definition) is 4. The van der Waals surface area contributed by atoms with Gasteiger partial charge in [-0.2, -0.15) is 0 Å². The van der Waals surface area contributed by atoms with E-state index < -0.39 is 12.4 Å². The molecule has 6 heteroatoms. The van der Waals surface area contributed by atoms with Crippen molar-refractivity contribution < 1.29 is 14.9 Å².